The second kappa shape index (κ2) is 10.4. The molecule has 1 fully saturated rings. The number of hydrogen-bond donors (Lipinski definition) is 0. The van der Waals surface area contributed by atoms with E-state index in [1.807, 2.05) is 0 Å². The molecule has 13 heteroatoms. The molecule has 0 saturated carbocycles. The van der Waals surface area contributed by atoms with E-state index in [0.29, 0.717) is 0 Å². The van der Waals surface area contributed by atoms with E-state index < -0.39 is 71.8 Å². The molecule has 0 radical (unpaired) electrons. The van der Waals surface area contributed by atoms with Gasteiger partial charge >= 0.3 is 18.3 Å². The first kappa shape index (κ1) is 28.2. The van der Waals surface area contributed by atoms with Crippen molar-refractivity contribution < 1.29 is 54.1 Å². The lowest BCUT2D eigenvalue weighted by Gasteiger charge is -2.40. The normalized spacial score (nSPS) is 16.3. The smallest absolute Gasteiger partial charge is 0.416 e. The number of halogens is 9. The Bertz CT molecular complexity index is 1250. The minimum absolute atomic E-state index is 0.0285. The second-order valence-electron chi connectivity index (χ2n) is 8.14. The van der Waals surface area contributed by atoms with Crippen LogP contribution in [0.25, 0.3) is 0 Å². The summed E-state index contributed by atoms with van der Waals surface area (Å²) in [4.78, 5) is 12.4. The van der Waals surface area contributed by atoms with E-state index in [-0.39, 0.29) is 14.7 Å². The fourth-order valence-corrected chi connectivity index (χ4v) is 4.15. The monoisotopic (exact) mass is 658 g/mol. The molecule has 0 bridgehead atoms. The standard InChI is InChI=1S/C25H15F8IO4/c26-20-18(9-10-19(34)21(20)27)22(35)38-17-11-36-23(37-12-17,13-1-5-15(6-2-13)24(28,29)30)14-3-7-16(8-4-14)25(31,32)33/h1-10,17H,11-12H2. The number of ether oxygens (including phenoxy) is 3. The van der Waals surface area contributed by atoms with Crippen molar-refractivity contribution >= 4 is 28.6 Å². The lowest BCUT2D eigenvalue weighted by molar-refractivity contribution is -0.277. The van der Waals surface area contributed by atoms with E-state index in [9.17, 15) is 39.9 Å². The van der Waals surface area contributed by atoms with Gasteiger partial charge in [0.25, 0.3) is 0 Å². The van der Waals surface area contributed by atoms with Crippen molar-refractivity contribution in [3.63, 3.8) is 0 Å². The van der Waals surface area contributed by atoms with Crippen molar-refractivity contribution in [3.8, 4) is 0 Å². The highest BCUT2D eigenvalue weighted by atomic mass is 127. The molecule has 1 aliphatic rings. The van der Waals surface area contributed by atoms with Gasteiger partial charge in [-0.25, -0.2) is 13.6 Å². The van der Waals surface area contributed by atoms with Crippen LogP contribution in [-0.4, -0.2) is 25.3 Å². The molecule has 202 valence electrons. The third-order valence-electron chi connectivity index (χ3n) is 5.66. The molecule has 38 heavy (non-hydrogen) atoms. The van der Waals surface area contributed by atoms with Crippen LogP contribution in [0, 0.1) is 15.2 Å². The number of carbonyl (C=O) groups is 1. The maximum atomic E-state index is 14.2. The largest absolute Gasteiger partial charge is 0.454 e. The lowest BCUT2D eigenvalue weighted by atomic mass is 9.94. The first-order valence-corrected chi connectivity index (χ1v) is 11.8. The zero-order valence-electron chi connectivity index (χ0n) is 18.8. The molecule has 0 aromatic heterocycles. The summed E-state index contributed by atoms with van der Waals surface area (Å²) in [7, 11) is 0. The van der Waals surface area contributed by atoms with Gasteiger partial charge in [0.05, 0.1) is 33.5 Å². The van der Waals surface area contributed by atoms with Gasteiger partial charge in [-0.05, 0) is 59.0 Å². The van der Waals surface area contributed by atoms with Crippen molar-refractivity contribution in [1.29, 1.82) is 0 Å². The van der Waals surface area contributed by atoms with Crippen LogP contribution < -0.4 is 0 Å². The third-order valence-corrected chi connectivity index (χ3v) is 6.49. The molecule has 3 aromatic carbocycles. The Morgan fingerprint density at radius 3 is 1.63 bits per heavy atom. The van der Waals surface area contributed by atoms with Crippen molar-refractivity contribution in [2.75, 3.05) is 13.2 Å². The summed E-state index contributed by atoms with van der Waals surface area (Å²) < 4.78 is 123. The van der Waals surface area contributed by atoms with Crippen molar-refractivity contribution in [3.05, 3.63) is 104 Å². The number of hydrogen-bond acceptors (Lipinski definition) is 4. The lowest BCUT2D eigenvalue weighted by Crippen LogP contribution is -2.46. The molecule has 0 unspecified atom stereocenters. The molecule has 3 aromatic rings. The minimum Gasteiger partial charge on any atom is -0.454 e. The first-order valence-electron chi connectivity index (χ1n) is 10.7. The minimum atomic E-state index is -4.64. The summed E-state index contributed by atoms with van der Waals surface area (Å²) in [6.45, 7) is -0.857. The number of esters is 1. The zero-order valence-corrected chi connectivity index (χ0v) is 21.0. The Morgan fingerprint density at radius 2 is 1.21 bits per heavy atom. The summed E-state index contributed by atoms with van der Waals surface area (Å²) in [5, 5.41) is 0. The number of alkyl halides is 6. The molecule has 0 amide bonds. The molecular weight excluding hydrogens is 643 g/mol. The van der Waals surface area contributed by atoms with Crippen LogP contribution in [0.1, 0.15) is 32.6 Å². The van der Waals surface area contributed by atoms with Gasteiger partial charge in [-0.3, -0.25) is 0 Å². The van der Waals surface area contributed by atoms with Crippen LogP contribution in [0.3, 0.4) is 0 Å². The van der Waals surface area contributed by atoms with Crippen LogP contribution in [0.15, 0.2) is 60.7 Å². The molecule has 4 nitrogen and oxygen atoms in total. The van der Waals surface area contributed by atoms with Gasteiger partial charge < -0.3 is 14.2 Å². The topological polar surface area (TPSA) is 44.8 Å². The molecule has 1 heterocycles. The Kier molecular flexibility index (Phi) is 7.74. The Morgan fingerprint density at radius 1 is 0.763 bits per heavy atom. The fraction of sp³-hybridized carbons (Fsp3) is 0.240. The molecule has 0 aliphatic carbocycles. The highest BCUT2D eigenvalue weighted by Crippen LogP contribution is 2.41. The summed E-state index contributed by atoms with van der Waals surface area (Å²) >= 11 is 1.54. The summed E-state index contributed by atoms with van der Waals surface area (Å²) in [5.41, 5.74) is -2.57. The number of rotatable bonds is 4. The average Bonchev–Trinajstić information content (AvgIpc) is 2.87. The summed E-state index contributed by atoms with van der Waals surface area (Å²) in [6, 6.07) is 9.44. The zero-order chi connectivity index (χ0) is 27.9. The Hall–Kier alpha value is -2.78. The molecular formula is C25H15F8IO4. The first-order chi connectivity index (χ1) is 17.7. The van der Waals surface area contributed by atoms with Gasteiger partial charge in [-0.2, -0.15) is 26.3 Å². The van der Waals surface area contributed by atoms with Crippen molar-refractivity contribution in [1.82, 2.24) is 0 Å². The van der Waals surface area contributed by atoms with Gasteiger partial charge in [0.1, 0.15) is 6.10 Å². The Balaban J connectivity index is 1.61. The molecule has 0 N–H and O–H groups in total. The van der Waals surface area contributed by atoms with E-state index in [1.165, 1.54) is 6.07 Å². The van der Waals surface area contributed by atoms with Crippen LogP contribution >= 0.6 is 22.6 Å². The van der Waals surface area contributed by atoms with E-state index >= 15 is 0 Å². The van der Waals surface area contributed by atoms with Gasteiger partial charge in [0, 0.05) is 11.1 Å². The maximum Gasteiger partial charge on any atom is 0.416 e. The predicted molar refractivity (Wildman–Crippen MR) is 124 cm³/mol. The van der Waals surface area contributed by atoms with E-state index in [0.717, 1.165) is 54.6 Å². The molecule has 4 rings (SSSR count). The summed E-state index contributed by atoms with van der Waals surface area (Å²) in [5.74, 6) is -5.81. The molecule has 0 spiro atoms. The van der Waals surface area contributed by atoms with Gasteiger partial charge in [-0.1, -0.05) is 24.3 Å². The van der Waals surface area contributed by atoms with E-state index in [2.05, 4.69) is 0 Å². The Labute approximate surface area is 223 Å². The van der Waals surface area contributed by atoms with Crippen LogP contribution in [-0.2, 0) is 32.4 Å². The second-order valence-corrected chi connectivity index (χ2v) is 9.30. The number of carbonyl (C=O) groups excluding carboxylic acids is 1. The SMILES string of the molecule is O=C(OC1COC(c2ccc(C(F)(F)F)cc2)(c2ccc(C(F)(F)F)cc2)OC1)c1ccc(I)c(F)c1F. The molecule has 1 aliphatic heterocycles. The molecule has 1 saturated heterocycles. The maximum absolute atomic E-state index is 14.2. The fourth-order valence-electron chi connectivity index (χ4n) is 3.73. The van der Waals surface area contributed by atoms with Crippen molar-refractivity contribution in [2.45, 2.75) is 24.2 Å². The van der Waals surface area contributed by atoms with Gasteiger partial charge in [-0.15, -0.1) is 0 Å². The van der Waals surface area contributed by atoms with Gasteiger partial charge in [0.2, 0.25) is 5.79 Å². The van der Waals surface area contributed by atoms with Crippen LogP contribution in [0.4, 0.5) is 35.1 Å². The molecule has 0 atom stereocenters. The number of benzene rings is 3. The van der Waals surface area contributed by atoms with Crippen molar-refractivity contribution in [2.24, 2.45) is 0 Å². The van der Waals surface area contributed by atoms with Crippen LogP contribution in [0.2, 0.25) is 0 Å². The highest BCUT2D eigenvalue weighted by molar-refractivity contribution is 14.1. The van der Waals surface area contributed by atoms with E-state index in [1.54, 1.807) is 22.6 Å². The summed E-state index contributed by atoms with van der Waals surface area (Å²) in [6.07, 6.45) is -10.4. The predicted octanol–water partition coefficient (Wildman–Crippen LogP) is 7.08. The third kappa shape index (κ3) is 5.64. The van der Waals surface area contributed by atoms with Crippen LogP contribution in [0.5, 0.6) is 0 Å². The van der Waals surface area contributed by atoms with E-state index in [4.69, 9.17) is 14.2 Å². The average molecular weight is 658 g/mol. The quantitative estimate of drug-likeness (QED) is 0.130. The van der Waals surface area contributed by atoms with Gasteiger partial charge in [0.15, 0.2) is 11.6 Å². The highest BCUT2D eigenvalue weighted by Gasteiger charge is 2.44.